The van der Waals surface area contributed by atoms with Crippen LogP contribution < -0.4 is 0 Å². The molecule has 6 atom stereocenters. The number of allylic oxidation sites excluding steroid dienone is 2. The van der Waals surface area contributed by atoms with E-state index in [9.17, 15) is 24.3 Å². The number of carbonyl (C=O) groups is 4. The molecular weight excluding hydrogens is 535 g/mol. The standard InChI is InChI=1S/C23H21BrCl2N2O5/c1-2-27-18(30)14-7-6-13-15(16(14)19(27)31)9-22(25)20(32)28(10-24)21(33)23(22,26)17(13)11-4-3-5-12(29)8-11/h3-6,8,14-17,29H,2,7,9-10H2,1H3. The number of hydrogen-bond donors (Lipinski definition) is 1. The highest BCUT2D eigenvalue weighted by Crippen LogP contribution is 2.65. The van der Waals surface area contributed by atoms with Gasteiger partial charge in [-0.3, -0.25) is 29.0 Å². The molecule has 0 radical (unpaired) electrons. The van der Waals surface area contributed by atoms with Crippen molar-refractivity contribution in [3.05, 3.63) is 41.5 Å². The van der Waals surface area contributed by atoms with E-state index in [4.69, 9.17) is 23.2 Å². The molecule has 6 unspecified atom stereocenters. The van der Waals surface area contributed by atoms with Crippen LogP contribution in [0.25, 0.3) is 0 Å². The van der Waals surface area contributed by atoms with E-state index in [0.717, 1.165) is 4.90 Å². The van der Waals surface area contributed by atoms with Gasteiger partial charge in [0.05, 0.1) is 17.3 Å². The summed E-state index contributed by atoms with van der Waals surface area (Å²) in [6.07, 6.45) is 2.17. The van der Waals surface area contributed by atoms with Gasteiger partial charge in [0, 0.05) is 12.5 Å². The van der Waals surface area contributed by atoms with Gasteiger partial charge in [-0.25, -0.2) is 0 Å². The predicted molar refractivity (Wildman–Crippen MR) is 124 cm³/mol. The zero-order valence-corrected chi connectivity index (χ0v) is 20.7. The minimum absolute atomic E-state index is 0.0252. The molecule has 1 aromatic rings. The lowest BCUT2D eigenvalue weighted by molar-refractivity contribution is -0.141. The molecule has 2 aliphatic heterocycles. The molecule has 4 aliphatic rings. The molecule has 0 bridgehead atoms. The van der Waals surface area contributed by atoms with Gasteiger partial charge in [-0.05, 0) is 43.4 Å². The van der Waals surface area contributed by atoms with Crippen LogP contribution in [0.5, 0.6) is 5.75 Å². The normalized spacial score (nSPS) is 37.8. The number of phenols is 1. The van der Waals surface area contributed by atoms with Crippen LogP contribution in [-0.4, -0.2) is 60.3 Å². The molecular formula is C23H21BrCl2N2O5. The average molecular weight is 556 g/mol. The fraction of sp³-hybridized carbons (Fsp3) is 0.478. The maximum atomic E-state index is 13.5. The first-order valence-corrected chi connectivity index (χ1v) is 12.6. The third-order valence-electron chi connectivity index (χ3n) is 7.63. The van der Waals surface area contributed by atoms with Crippen molar-refractivity contribution >= 4 is 62.8 Å². The zero-order chi connectivity index (χ0) is 23.9. The second-order valence-corrected chi connectivity index (χ2v) is 10.7. The van der Waals surface area contributed by atoms with Gasteiger partial charge in [-0.2, -0.15) is 0 Å². The summed E-state index contributed by atoms with van der Waals surface area (Å²) in [5.74, 6) is -4.39. The Morgan fingerprint density at radius 2 is 1.82 bits per heavy atom. The van der Waals surface area contributed by atoms with Gasteiger partial charge >= 0.3 is 0 Å². The lowest BCUT2D eigenvalue weighted by atomic mass is 9.56. The van der Waals surface area contributed by atoms with Crippen molar-refractivity contribution in [2.45, 2.75) is 35.4 Å². The molecule has 2 saturated heterocycles. The first kappa shape index (κ1) is 22.9. The predicted octanol–water partition coefficient (Wildman–Crippen LogP) is 3.12. The van der Waals surface area contributed by atoms with Crippen molar-refractivity contribution in [3.63, 3.8) is 0 Å². The summed E-state index contributed by atoms with van der Waals surface area (Å²) < 4.78 is 0. The van der Waals surface area contributed by atoms with Crippen LogP contribution in [0.3, 0.4) is 0 Å². The molecule has 2 aliphatic carbocycles. The van der Waals surface area contributed by atoms with Gasteiger partial charge in [-0.1, -0.05) is 39.7 Å². The molecule has 33 heavy (non-hydrogen) atoms. The van der Waals surface area contributed by atoms with Crippen LogP contribution in [0.2, 0.25) is 0 Å². The Balaban J connectivity index is 1.74. The maximum absolute atomic E-state index is 13.5. The summed E-state index contributed by atoms with van der Waals surface area (Å²) in [5, 5.41) is 10.2. The number of rotatable bonds is 3. The Labute approximate surface area is 208 Å². The van der Waals surface area contributed by atoms with E-state index < -0.39 is 45.2 Å². The van der Waals surface area contributed by atoms with Crippen molar-refractivity contribution in [3.8, 4) is 5.75 Å². The van der Waals surface area contributed by atoms with Gasteiger partial charge in [0.15, 0.2) is 9.75 Å². The molecule has 1 aromatic carbocycles. The maximum Gasteiger partial charge on any atom is 0.254 e. The van der Waals surface area contributed by atoms with Gasteiger partial charge in [0.25, 0.3) is 11.8 Å². The van der Waals surface area contributed by atoms with Gasteiger partial charge in [-0.15, -0.1) is 23.2 Å². The van der Waals surface area contributed by atoms with E-state index in [-0.39, 0.29) is 36.0 Å². The Morgan fingerprint density at radius 3 is 2.45 bits per heavy atom. The number of likely N-dealkylation sites (tertiary alicyclic amines) is 2. The molecule has 4 amide bonds. The largest absolute Gasteiger partial charge is 0.508 e. The van der Waals surface area contributed by atoms with Crippen LogP contribution in [0.15, 0.2) is 35.9 Å². The lowest BCUT2D eigenvalue weighted by Gasteiger charge is -2.50. The Kier molecular flexibility index (Phi) is 5.23. The lowest BCUT2D eigenvalue weighted by Crippen LogP contribution is -2.60. The summed E-state index contributed by atoms with van der Waals surface area (Å²) in [6.45, 7) is 2.01. The Morgan fingerprint density at radius 1 is 1.09 bits per heavy atom. The number of phenolic OH excluding ortho intramolecular Hbond substituents is 1. The number of hydrogen-bond acceptors (Lipinski definition) is 5. The van der Waals surface area contributed by atoms with Crippen molar-refractivity contribution in [2.75, 3.05) is 12.0 Å². The number of carbonyl (C=O) groups excluding carboxylic acids is 4. The van der Waals surface area contributed by atoms with E-state index in [0.29, 0.717) is 17.6 Å². The van der Waals surface area contributed by atoms with Gasteiger partial charge in [0.1, 0.15) is 5.75 Å². The zero-order valence-electron chi connectivity index (χ0n) is 17.6. The third kappa shape index (κ3) is 2.74. The Bertz CT molecular complexity index is 1140. The summed E-state index contributed by atoms with van der Waals surface area (Å²) in [7, 11) is 0. The molecule has 2 heterocycles. The highest BCUT2D eigenvalue weighted by Gasteiger charge is 2.76. The molecule has 1 saturated carbocycles. The summed E-state index contributed by atoms with van der Waals surface area (Å²) in [4.78, 5) is 51.7. The minimum atomic E-state index is -1.85. The van der Waals surface area contributed by atoms with Crippen LogP contribution in [0.1, 0.15) is 31.2 Å². The van der Waals surface area contributed by atoms with Crippen LogP contribution in [0.4, 0.5) is 0 Å². The van der Waals surface area contributed by atoms with Crippen molar-refractivity contribution in [2.24, 2.45) is 17.8 Å². The molecule has 0 spiro atoms. The fourth-order valence-electron chi connectivity index (χ4n) is 6.21. The molecule has 174 valence electrons. The number of halogens is 3. The monoisotopic (exact) mass is 554 g/mol. The second kappa shape index (κ2) is 7.55. The summed E-state index contributed by atoms with van der Waals surface area (Å²) in [6, 6.07) is 6.34. The van der Waals surface area contributed by atoms with Crippen LogP contribution in [-0.2, 0) is 19.2 Å². The molecule has 1 N–H and O–H groups in total. The highest BCUT2D eigenvalue weighted by molar-refractivity contribution is 9.09. The van der Waals surface area contributed by atoms with E-state index in [1.807, 2.05) is 6.08 Å². The molecule has 5 rings (SSSR count). The Hall–Kier alpha value is -1.90. The number of alkyl halides is 3. The van der Waals surface area contributed by atoms with Crippen molar-refractivity contribution in [1.82, 2.24) is 9.80 Å². The first-order valence-electron chi connectivity index (χ1n) is 10.8. The van der Waals surface area contributed by atoms with Gasteiger partial charge in [0.2, 0.25) is 11.8 Å². The number of fused-ring (bicyclic) bond motifs is 4. The number of imide groups is 2. The number of amides is 4. The first-order chi connectivity index (χ1) is 15.6. The van der Waals surface area contributed by atoms with Gasteiger partial charge < -0.3 is 5.11 Å². The fourth-order valence-corrected chi connectivity index (χ4v) is 7.63. The third-order valence-corrected chi connectivity index (χ3v) is 9.54. The molecule has 0 aromatic heterocycles. The highest BCUT2D eigenvalue weighted by atomic mass is 79.9. The smallest absolute Gasteiger partial charge is 0.254 e. The quantitative estimate of drug-likeness (QED) is 0.267. The minimum Gasteiger partial charge on any atom is -0.508 e. The van der Waals surface area contributed by atoms with E-state index >= 15 is 0 Å². The molecule has 3 fully saturated rings. The summed E-state index contributed by atoms with van der Waals surface area (Å²) >= 11 is 17.3. The molecule has 10 heteroatoms. The van der Waals surface area contributed by atoms with Crippen LogP contribution >= 0.6 is 39.1 Å². The van der Waals surface area contributed by atoms with E-state index in [1.165, 1.54) is 17.0 Å². The van der Waals surface area contributed by atoms with Crippen LogP contribution in [0, 0.1) is 17.8 Å². The molecule has 7 nitrogen and oxygen atoms in total. The van der Waals surface area contributed by atoms with E-state index in [2.05, 4.69) is 15.9 Å². The second-order valence-electron chi connectivity index (χ2n) is 9.00. The number of nitrogens with zero attached hydrogens (tertiary/aromatic N) is 2. The van der Waals surface area contributed by atoms with Crippen molar-refractivity contribution in [1.29, 1.82) is 0 Å². The summed E-state index contributed by atoms with van der Waals surface area (Å²) in [5.41, 5.74) is 1.16. The van der Waals surface area contributed by atoms with E-state index in [1.54, 1.807) is 19.1 Å². The average Bonchev–Trinajstić information content (AvgIpc) is 3.11. The topological polar surface area (TPSA) is 95.0 Å². The SMILES string of the molecule is CCN1C(=O)C2CC=C3C(CC4(Cl)C(=O)N(CBr)C(=O)C4(Cl)C3c3cccc(O)c3)C2C1=O. The van der Waals surface area contributed by atoms with Crippen molar-refractivity contribution < 1.29 is 24.3 Å². The number of aromatic hydroxyl groups is 1. The number of benzene rings is 1.